The summed E-state index contributed by atoms with van der Waals surface area (Å²) in [5.74, 6) is 0.0719. The largest absolute Gasteiger partial charge is 0.325 e. The number of rotatable bonds is 5. The van der Waals surface area contributed by atoms with Crippen LogP contribution in [0.15, 0.2) is 24.3 Å². The molecule has 1 aliphatic rings. The third-order valence-electron chi connectivity index (χ3n) is 4.21. The molecule has 9 heteroatoms. The van der Waals surface area contributed by atoms with Crippen molar-refractivity contribution in [2.45, 2.75) is 38.9 Å². The lowest BCUT2D eigenvalue weighted by atomic mass is 9.91. The van der Waals surface area contributed by atoms with Crippen molar-refractivity contribution in [3.05, 3.63) is 41.2 Å². The number of hydrogen-bond donors (Lipinski definition) is 1. The van der Waals surface area contributed by atoms with E-state index in [2.05, 4.69) is 20.8 Å². The summed E-state index contributed by atoms with van der Waals surface area (Å²) in [6, 6.07) is 8.10. The fourth-order valence-electron chi connectivity index (χ4n) is 2.78. The molecule has 0 radical (unpaired) electrons. The van der Waals surface area contributed by atoms with E-state index in [-0.39, 0.29) is 12.5 Å². The Bertz CT molecular complexity index is 852. The molecule has 1 atom stereocenters. The van der Waals surface area contributed by atoms with Crippen LogP contribution in [0.3, 0.4) is 0 Å². The number of carbonyl (C=O) groups excluding carboxylic acids is 2. The number of tetrazole rings is 1. The fourth-order valence-corrected chi connectivity index (χ4v) is 2.78. The van der Waals surface area contributed by atoms with Gasteiger partial charge >= 0.3 is 6.03 Å². The molecule has 3 rings (SSSR count). The number of benzene rings is 1. The minimum Gasteiger partial charge on any atom is -0.319 e. The van der Waals surface area contributed by atoms with Gasteiger partial charge in [-0.15, -0.1) is 5.10 Å². The van der Waals surface area contributed by atoms with Gasteiger partial charge in [-0.3, -0.25) is 9.69 Å². The third kappa shape index (κ3) is 2.82. The Labute approximate surface area is 144 Å². The predicted octanol–water partition coefficient (Wildman–Crippen LogP) is 0.922. The average molecular weight is 339 g/mol. The van der Waals surface area contributed by atoms with Crippen molar-refractivity contribution >= 4 is 11.9 Å². The van der Waals surface area contributed by atoms with E-state index in [9.17, 15) is 9.59 Å². The van der Waals surface area contributed by atoms with Crippen LogP contribution in [0.25, 0.3) is 0 Å². The molecule has 1 aliphatic heterocycles. The molecule has 25 heavy (non-hydrogen) atoms. The van der Waals surface area contributed by atoms with Crippen molar-refractivity contribution < 1.29 is 9.59 Å². The lowest BCUT2D eigenvalue weighted by Crippen LogP contribution is -2.40. The van der Waals surface area contributed by atoms with Crippen LogP contribution in [0.5, 0.6) is 0 Å². The summed E-state index contributed by atoms with van der Waals surface area (Å²) in [6.45, 7) is 4.24. The molecule has 128 valence electrons. The van der Waals surface area contributed by atoms with Crippen LogP contribution >= 0.6 is 0 Å². The Hall–Kier alpha value is -3.28. The number of nitriles is 1. The zero-order chi connectivity index (χ0) is 18.0. The average Bonchev–Trinajstić information content (AvgIpc) is 3.14. The second kappa shape index (κ2) is 6.32. The molecule has 9 nitrogen and oxygen atoms in total. The zero-order valence-electron chi connectivity index (χ0n) is 13.9. The Morgan fingerprint density at radius 1 is 1.28 bits per heavy atom. The molecule has 1 aromatic heterocycles. The van der Waals surface area contributed by atoms with E-state index in [0.717, 1.165) is 11.3 Å². The number of nitrogens with zero attached hydrogens (tertiary/aromatic N) is 6. The number of carbonyl (C=O) groups is 2. The fraction of sp³-hybridized carbons (Fsp3) is 0.375. The minimum atomic E-state index is -1.19. The third-order valence-corrected chi connectivity index (χ3v) is 4.21. The van der Waals surface area contributed by atoms with E-state index in [0.29, 0.717) is 23.5 Å². The monoisotopic (exact) mass is 339 g/mol. The van der Waals surface area contributed by atoms with E-state index in [4.69, 9.17) is 5.26 Å². The number of aryl methyl sites for hydroxylation is 1. The van der Waals surface area contributed by atoms with Crippen molar-refractivity contribution in [3.63, 3.8) is 0 Å². The molecule has 2 aromatic rings. The first-order valence-corrected chi connectivity index (χ1v) is 7.89. The van der Waals surface area contributed by atoms with Crippen LogP contribution in [-0.2, 0) is 23.4 Å². The summed E-state index contributed by atoms with van der Waals surface area (Å²) in [5.41, 5.74) is -0.0890. The topological polar surface area (TPSA) is 117 Å². The number of urea groups is 1. The van der Waals surface area contributed by atoms with Gasteiger partial charge in [-0.05, 0) is 41.5 Å². The molecule has 1 aromatic carbocycles. The smallest absolute Gasteiger partial charge is 0.319 e. The number of aromatic nitrogens is 4. The number of hydrogen-bond acceptors (Lipinski definition) is 6. The first-order chi connectivity index (χ1) is 12.0. The summed E-state index contributed by atoms with van der Waals surface area (Å²) in [7, 11) is 0. The van der Waals surface area contributed by atoms with E-state index in [1.807, 2.05) is 13.0 Å². The van der Waals surface area contributed by atoms with E-state index >= 15 is 0 Å². The molecule has 1 N–H and O–H groups in total. The molecule has 0 saturated carbocycles. The maximum Gasteiger partial charge on any atom is 0.325 e. The lowest BCUT2D eigenvalue weighted by Gasteiger charge is -2.22. The molecule has 0 spiro atoms. The highest BCUT2D eigenvalue weighted by Gasteiger charge is 2.49. The zero-order valence-corrected chi connectivity index (χ0v) is 13.9. The van der Waals surface area contributed by atoms with Gasteiger partial charge in [0.1, 0.15) is 5.54 Å². The number of nitrogens with one attached hydrogen (secondary N) is 1. The van der Waals surface area contributed by atoms with Crippen LogP contribution in [0.2, 0.25) is 0 Å². The van der Waals surface area contributed by atoms with E-state index in [1.165, 1.54) is 0 Å². The Morgan fingerprint density at radius 3 is 2.64 bits per heavy atom. The lowest BCUT2D eigenvalue weighted by molar-refractivity contribution is -0.131. The Balaban J connectivity index is 1.86. The van der Waals surface area contributed by atoms with Gasteiger partial charge in [-0.25, -0.2) is 9.48 Å². The van der Waals surface area contributed by atoms with Gasteiger partial charge in [0.25, 0.3) is 5.91 Å². The maximum atomic E-state index is 12.9. The highest BCUT2D eigenvalue weighted by molar-refractivity contribution is 6.07. The summed E-state index contributed by atoms with van der Waals surface area (Å²) >= 11 is 0. The Kier molecular flexibility index (Phi) is 4.19. The molecule has 3 amide bonds. The highest BCUT2D eigenvalue weighted by Crippen LogP contribution is 2.29. The normalized spacial score (nSPS) is 19.8. The van der Waals surface area contributed by atoms with Gasteiger partial charge in [0.15, 0.2) is 5.82 Å². The molecular formula is C16H17N7O2. The van der Waals surface area contributed by atoms with Crippen LogP contribution in [-0.4, -0.2) is 37.0 Å². The van der Waals surface area contributed by atoms with Gasteiger partial charge in [0.05, 0.1) is 18.2 Å². The summed E-state index contributed by atoms with van der Waals surface area (Å²) in [6.07, 6.45) is 0.834. The molecule has 0 aliphatic carbocycles. The highest BCUT2D eigenvalue weighted by atomic mass is 16.2. The molecule has 1 unspecified atom stereocenters. The summed E-state index contributed by atoms with van der Waals surface area (Å²) < 4.78 is 1.58. The predicted molar refractivity (Wildman–Crippen MR) is 85.7 cm³/mol. The summed E-state index contributed by atoms with van der Waals surface area (Å²) in [5, 5.41) is 23.0. The number of imide groups is 1. The standard InChI is InChI=1S/C16H17N7O2/c1-3-8-23-13(19-20-21-23)10-22-14(24)16(2,18-15(22)25)12-6-4-11(9-17)5-7-12/h4-7H,3,8,10H2,1-2H3,(H,18,25). The molecule has 2 heterocycles. The first-order valence-electron chi connectivity index (χ1n) is 7.89. The van der Waals surface area contributed by atoms with Crippen LogP contribution < -0.4 is 5.32 Å². The van der Waals surface area contributed by atoms with Crippen molar-refractivity contribution in [2.75, 3.05) is 0 Å². The van der Waals surface area contributed by atoms with Crippen molar-refractivity contribution in [1.82, 2.24) is 30.4 Å². The molecule has 1 fully saturated rings. The van der Waals surface area contributed by atoms with Crippen molar-refractivity contribution in [3.8, 4) is 6.07 Å². The van der Waals surface area contributed by atoms with Crippen molar-refractivity contribution in [1.29, 1.82) is 5.26 Å². The molecular weight excluding hydrogens is 322 g/mol. The quantitative estimate of drug-likeness (QED) is 0.810. The SMILES string of the molecule is CCCn1nnnc1CN1C(=O)NC(C)(c2ccc(C#N)cc2)C1=O. The maximum absolute atomic E-state index is 12.9. The van der Waals surface area contributed by atoms with E-state index in [1.54, 1.807) is 35.9 Å². The number of amides is 3. The Morgan fingerprint density at radius 2 is 2.00 bits per heavy atom. The van der Waals surface area contributed by atoms with Gasteiger partial charge in [-0.1, -0.05) is 19.1 Å². The van der Waals surface area contributed by atoms with Gasteiger partial charge in [-0.2, -0.15) is 5.26 Å². The van der Waals surface area contributed by atoms with Crippen LogP contribution in [0, 0.1) is 11.3 Å². The van der Waals surface area contributed by atoms with Gasteiger partial charge in [0.2, 0.25) is 0 Å². The molecule has 1 saturated heterocycles. The second-order valence-corrected chi connectivity index (χ2v) is 5.95. The minimum absolute atomic E-state index is 0.00351. The van der Waals surface area contributed by atoms with E-state index < -0.39 is 11.6 Å². The van der Waals surface area contributed by atoms with Crippen molar-refractivity contribution in [2.24, 2.45) is 0 Å². The summed E-state index contributed by atoms with van der Waals surface area (Å²) in [4.78, 5) is 26.4. The first kappa shape index (κ1) is 16.6. The van der Waals surface area contributed by atoms with Gasteiger partial charge < -0.3 is 5.32 Å². The van der Waals surface area contributed by atoms with Crippen LogP contribution in [0.1, 0.15) is 37.2 Å². The molecule has 0 bridgehead atoms. The second-order valence-electron chi connectivity index (χ2n) is 5.95. The van der Waals surface area contributed by atoms with Gasteiger partial charge in [0, 0.05) is 6.54 Å². The van der Waals surface area contributed by atoms with Crippen LogP contribution in [0.4, 0.5) is 4.79 Å².